The Morgan fingerprint density at radius 1 is 0.662 bits per heavy atom. The normalized spacial score (nSPS) is 16.9. The molecule has 2 amide bonds. The second-order valence-electron chi connectivity index (χ2n) is 23.8. The SMILES string of the molecule is CN1CCC(n2cc(Nc3nccc(Cl)n3)cn2)CC1.Cc1cc(-c2ccnc(Nc3cnn(C4CCN(C)CC4)c3)n2)ccc1CNC(=O)OC(C)(C)C.Cc1cc(B2OC(C)(C)C(C)(C)O2)ccc1CNC(=O)OC(C)(C)C. The lowest BCUT2D eigenvalue weighted by Gasteiger charge is -2.32. The molecule has 0 radical (unpaired) electrons. The first-order valence-corrected chi connectivity index (χ1v) is 27.8. The zero-order chi connectivity index (χ0) is 58.0. The van der Waals surface area contributed by atoms with E-state index in [2.05, 4.69) is 76.4 Å². The number of carbonyl (C=O) groups is 2. The van der Waals surface area contributed by atoms with Crippen molar-refractivity contribution in [1.82, 2.24) is 59.9 Å². The van der Waals surface area contributed by atoms with Gasteiger partial charge in [-0.05, 0) is 195 Å². The fraction of sp³-hybridized carbons (Fsp3) is 0.517. The quantitative estimate of drug-likeness (QED) is 0.0663. The number of aromatic nitrogens is 8. The summed E-state index contributed by atoms with van der Waals surface area (Å²) in [6, 6.07) is 16.5. The minimum Gasteiger partial charge on any atom is -0.444 e. The Hall–Kier alpha value is -6.65. The van der Waals surface area contributed by atoms with E-state index in [0.29, 0.717) is 42.2 Å². The number of benzene rings is 2. The Bertz CT molecular complexity index is 3000. The number of nitrogens with one attached hydrogen (secondary N) is 4. The molecule has 3 saturated heterocycles. The van der Waals surface area contributed by atoms with Gasteiger partial charge >= 0.3 is 19.3 Å². The highest BCUT2D eigenvalue weighted by Gasteiger charge is 2.51. The predicted molar refractivity (Wildman–Crippen MR) is 315 cm³/mol. The summed E-state index contributed by atoms with van der Waals surface area (Å²) in [6.45, 7) is 28.5. The molecule has 2 aromatic carbocycles. The summed E-state index contributed by atoms with van der Waals surface area (Å²) in [4.78, 5) is 45.7. The van der Waals surface area contributed by atoms with Gasteiger partial charge in [0, 0.05) is 43.4 Å². The topological polar surface area (TPSA) is 213 Å². The molecule has 4 aromatic heterocycles. The number of aryl methyl sites for hydroxylation is 2. The molecule has 3 fully saturated rings. The van der Waals surface area contributed by atoms with Gasteiger partial charge in [0.25, 0.3) is 0 Å². The summed E-state index contributed by atoms with van der Waals surface area (Å²) in [7, 11) is 3.94. The largest absolute Gasteiger partial charge is 0.494 e. The lowest BCUT2D eigenvalue weighted by Crippen LogP contribution is -2.41. The first kappa shape index (κ1) is 61.0. The van der Waals surface area contributed by atoms with Crippen LogP contribution < -0.4 is 26.7 Å². The maximum absolute atomic E-state index is 12.0. The molecule has 4 N–H and O–H groups in total. The maximum Gasteiger partial charge on any atom is 0.494 e. The molecule has 7 heterocycles. The molecule has 430 valence electrons. The van der Waals surface area contributed by atoms with Crippen molar-refractivity contribution < 1.29 is 28.4 Å². The highest BCUT2D eigenvalue weighted by atomic mass is 35.5. The number of piperidine rings is 2. The number of halogens is 1. The molecule has 0 atom stereocenters. The number of amides is 2. The lowest BCUT2D eigenvalue weighted by atomic mass is 9.78. The Morgan fingerprint density at radius 2 is 1.11 bits per heavy atom. The van der Waals surface area contributed by atoms with Crippen LogP contribution in [0.25, 0.3) is 11.3 Å². The van der Waals surface area contributed by atoms with Gasteiger partial charge in [0.05, 0.1) is 52.7 Å². The number of anilines is 4. The summed E-state index contributed by atoms with van der Waals surface area (Å²) in [6.07, 6.45) is 14.7. The van der Waals surface area contributed by atoms with Gasteiger partial charge in [-0.3, -0.25) is 9.36 Å². The number of carbonyl (C=O) groups excluding carboxylic acids is 2. The van der Waals surface area contributed by atoms with Crippen molar-refractivity contribution in [2.75, 3.05) is 50.9 Å². The number of hydrogen-bond donors (Lipinski definition) is 4. The van der Waals surface area contributed by atoms with E-state index >= 15 is 0 Å². The average molecular weight is 1120 g/mol. The van der Waals surface area contributed by atoms with Crippen molar-refractivity contribution >= 4 is 59.6 Å². The number of likely N-dealkylation sites (tertiary alicyclic amines) is 2. The number of alkyl carbamates (subject to hydrolysis) is 2. The van der Waals surface area contributed by atoms with Gasteiger partial charge in [0.2, 0.25) is 11.9 Å². The smallest absolute Gasteiger partial charge is 0.444 e. The van der Waals surface area contributed by atoms with Crippen LogP contribution in [0, 0.1) is 13.8 Å². The number of hydrogen-bond acceptors (Lipinski definition) is 16. The molecule has 3 aliphatic rings. The van der Waals surface area contributed by atoms with Crippen molar-refractivity contribution in [3.05, 3.63) is 113 Å². The molecule has 6 aromatic rings. The summed E-state index contributed by atoms with van der Waals surface area (Å²) < 4.78 is 26.8. The predicted octanol–water partition coefficient (Wildman–Crippen LogP) is 10.3. The summed E-state index contributed by atoms with van der Waals surface area (Å²) in [5.74, 6) is 1.01. The van der Waals surface area contributed by atoms with E-state index < -0.39 is 23.4 Å². The van der Waals surface area contributed by atoms with Gasteiger partial charge in [-0.15, -0.1) is 0 Å². The number of nitrogens with zero attached hydrogens (tertiary/aromatic N) is 10. The monoisotopic (exact) mass is 1120 g/mol. The van der Waals surface area contributed by atoms with Crippen molar-refractivity contribution in [3.8, 4) is 11.3 Å². The van der Waals surface area contributed by atoms with Crippen LogP contribution in [0.1, 0.15) is 129 Å². The Balaban J connectivity index is 0.000000181. The minimum atomic E-state index is -0.521. The minimum absolute atomic E-state index is 0.359. The molecule has 20 nitrogen and oxygen atoms in total. The highest BCUT2D eigenvalue weighted by molar-refractivity contribution is 6.62. The first-order chi connectivity index (χ1) is 37.7. The van der Waals surface area contributed by atoms with Crippen LogP contribution in [-0.4, -0.2) is 131 Å². The van der Waals surface area contributed by atoms with E-state index in [4.69, 9.17) is 35.4 Å². The number of ether oxygens (including phenoxy) is 2. The Morgan fingerprint density at radius 3 is 1.56 bits per heavy atom. The van der Waals surface area contributed by atoms with E-state index in [1.807, 2.05) is 147 Å². The van der Waals surface area contributed by atoms with Crippen molar-refractivity contribution in [2.24, 2.45) is 0 Å². The van der Waals surface area contributed by atoms with Crippen LogP contribution in [0.15, 0.2) is 85.7 Å². The molecular weight excluding hydrogens is 1030 g/mol. The molecular formula is C58H82BClN14O6. The molecule has 0 unspecified atom stereocenters. The molecule has 80 heavy (non-hydrogen) atoms. The van der Waals surface area contributed by atoms with Crippen LogP contribution in [-0.2, 0) is 31.9 Å². The zero-order valence-electron chi connectivity index (χ0n) is 49.2. The fourth-order valence-electron chi connectivity index (χ4n) is 9.02. The lowest BCUT2D eigenvalue weighted by molar-refractivity contribution is 0.00578. The van der Waals surface area contributed by atoms with Crippen molar-refractivity contribution in [3.63, 3.8) is 0 Å². The van der Waals surface area contributed by atoms with Gasteiger partial charge in [0.1, 0.15) is 16.4 Å². The molecule has 0 saturated carbocycles. The van der Waals surface area contributed by atoms with Crippen LogP contribution in [0.2, 0.25) is 5.15 Å². The van der Waals surface area contributed by atoms with Crippen molar-refractivity contribution in [2.45, 2.75) is 156 Å². The molecule has 22 heteroatoms. The van der Waals surface area contributed by atoms with Crippen LogP contribution >= 0.6 is 11.6 Å². The molecule has 0 spiro atoms. The molecule has 0 bridgehead atoms. The maximum atomic E-state index is 12.0. The van der Waals surface area contributed by atoms with E-state index in [1.165, 1.54) is 0 Å². The Kier molecular flexibility index (Phi) is 20.0. The highest BCUT2D eigenvalue weighted by Crippen LogP contribution is 2.37. The van der Waals surface area contributed by atoms with Gasteiger partial charge in [-0.2, -0.15) is 10.2 Å². The molecule has 9 rings (SSSR count). The number of rotatable bonds is 12. The van der Waals surface area contributed by atoms with Gasteiger partial charge < -0.3 is 49.8 Å². The van der Waals surface area contributed by atoms with Gasteiger partial charge in [-0.25, -0.2) is 29.5 Å². The average Bonchev–Trinajstić information content (AvgIpc) is 4.22. The summed E-state index contributed by atoms with van der Waals surface area (Å²) in [5.41, 5.74) is 6.99. The Labute approximate surface area is 477 Å². The van der Waals surface area contributed by atoms with E-state index in [9.17, 15) is 9.59 Å². The van der Waals surface area contributed by atoms with E-state index in [0.717, 1.165) is 102 Å². The van der Waals surface area contributed by atoms with E-state index in [-0.39, 0.29) is 18.3 Å². The molecule has 0 aliphatic carbocycles. The third kappa shape index (κ3) is 17.9. The third-order valence-electron chi connectivity index (χ3n) is 14.3. The fourth-order valence-corrected chi connectivity index (χ4v) is 9.15. The van der Waals surface area contributed by atoms with Crippen molar-refractivity contribution in [1.29, 1.82) is 0 Å². The summed E-state index contributed by atoms with van der Waals surface area (Å²) >= 11 is 5.84. The van der Waals surface area contributed by atoms with Crippen LogP contribution in [0.3, 0.4) is 0 Å². The van der Waals surface area contributed by atoms with Crippen LogP contribution in [0.5, 0.6) is 0 Å². The standard InChI is InChI=1S/C26H35N7O2.C19H30BNO4.C13H17ClN6/c1-18-14-19(6-7-20(18)15-28-25(34)35-26(2,3)4)23-8-11-27-24(31-23)30-21-16-29-33(17-21)22-9-12-32(5)13-10-22;1-13-11-15(20-24-18(5,6)19(7,8)25-20)10-9-14(13)12-21-16(22)23-17(2,3)4;1-19-6-3-11(4-7-19)20-9-10(8-16-20)17-13-15-5-2-12(14)18-13/h6-8,11,14,16-17,22H,9-10,12-13,15H2,1-5H3,(H,28,34)(H,27,30,31);9-11H,12H2,1-8H3,(H,21,22);2,5,8-9,11H,3-4,6-7H2,1H3,(H,15,17,18). The second kappa shape index (κ2) is 26.3. The zero-order valence-corrected chi connectivity index (χ0v) is 49.9. The first-order valence-electron chi connectivity index (χ1n) is 27.5. The second-order valence-corrected chi connectivity index (χ2v) is 24.2. The third-order valence-corrected chi connectivity index (χ3v) is 14.5. The van der Waals surface area contributed by atoms with Gasteiger partial charge in [-0.1, -0.05) is 41.9 Å². The molecule has 3 aliphatic heterocycles. The van der Waals surface area contributed by atoms with E-state index in [1.54, 1.807) is 24.7 Å². The summed E-state index contributed by atoms with van der Waals surface area (Å²) in [5, 5.41) is 21.4. The van der Waals surface area contributed by atoms with Crippen LogP contribution in [0.4, 0.5) is 32.9 Å². The van der Waals surface area contributed by atoms with Gasteiger partial charge in [0.15, 0.2) is 0 Å².